The first-order chi connectivity index (χ1) is 9.88. The van der Waals surface area contributed by atoms with Crippen LogP contribution in [-0.4, -0.2) is 18.3 Å². The van der Waals surface area contributed by atoms with Crippen LogP contribution in [0.1, 0.15) is 17.5 Å². The largest absolute Gasteiger partial charge is 0.494 e. The van der Waals surface area contributed by atoms with Crippen molar-refractivity contribution in [3.05, 3.63) is 65.7 Å². The molecule has 0 radical (unpaired) electrons. The van der Waals surface area contributed by atoms with E-state index in [9.17, 15) is 0 Å². The Hall–Kier alpha value is -1.84. The zero-order valence-electron chi connectivity index (χ0n) is 11.6. The van der Waals surface area contributed by atoms with Crippen molar-refractivity contribution >= 4 is 0 Å². The molecule has 2 aromatic carbocycles. The van der Waals surface area contributed by atoms with Crippen LogP contribution in [0.4, 0.5) is 0 Å². The highest BCUT2D eigenvalue weighted by molar-refractivity contribution is 5.22. The second-order valence-electron chi connectivity index (χ2n) is 4.67. The highest BCUT2D eigenvalue weighted by Gasteiger charge is 1.95. The van der Waals surface area contributed by atoms with Crippen LogP contribution in [0.15, 0.2) is 54.6 Å². The minimum Gasteiger partial charge on any atom is -0.494 e. The van der Waals surface area contributed by atoms with E-state index in [0.29, 0.717) is 0 Å². The maximum atomic E-state index is 8.97. The van der Waals surface area contributed by atoms with E-state index in [1.54, 1.807) is 0 Å². The molecule has 2 rings (SSSR count). The van der Waals surface area contributed by atoms with E-state index in [0.717, 1.165) is 37.4 Å². The van der Waals surface area contributed by atoms with Crippen molar-refractivity contribution in [2.45, 2.75) is 19.6 Å². The Balaban J connectivity index is 1.57. The van der Waals surface area contributed by atoms with Crippen molar-refractivity contribution in [3.63, 3.8) is 0 Å². The fourth-order valence-corrected chi connectivity index (χ4v) is 1.90. The zero-order chi connectivity index (χ0) is 14.0. The number of ether oxygens (including phenoxy) is 1. The molecule has 0 spiro atoms. The van der Waals surface area contributed by atoms with Crippen molar-refractivity contribution in [3.8, 4) is 5.75 Å². The van der Waals surface area contributed by atoms with Gasteiger partial charge in [-0.05, 0) is 36.2 Å². The first-order valence-corrected chi connectivity index (χ1v) is 6.96. The minimum absolute atomic E-state index is 0.102. The SMILES string of the molecule is OCc1ccc(CNCCCOc2ccccc2)cc1. The van der Waals surface area contributed by atoms with Crippen LogP contribution in [0.2, 0.25) is 0 Å². The molecule has 2 N–H and O–H groups in total. The lowest BCUT2D eigenvalue weighted by Gasteiger charge is -2.07. The number of hydrogen-bond acceptors (Lipinski definition) is 3. The van der Waals surface area contributed by atoms with Gasteiger partial charge < -0.3 is 15.2 Å². The summed E-state index contributed by atoms with van der Waals surface area (Å²) in [7, 11) is 0. The molecular formula is C17H21NO2. The number of nitrogens with one attached hydrogen (secondary N) is 1. The Morgan fingerprint density at radius 1 is 0.900 bits per heavy atom. The molecule has 0 saturated carbocycles. The van der Waals surface area contributed by atoms with Crippen molar-refractivity contribution < 1.29 is 9.84 Å². The van der Waals surface area contributed by atoms with Crippen molar-refractivity contribution in [2.75, 3.05) is 13.2 Å². The first-order valence-electron chi connectivity index (χ1n) is 6.96. The fourth-order valence-electron chi connectivity index (χ4n) is 1.90. The quantitative estimate of drug-likeness (QED) is 0.725. The first kappa shape index (κ1) is 14.6. The van der Waals surface area contributed by atoms with Gasteiger partial charge in [0, 0.05) is 6.54 Å². The average molecular weight is 271 g/mol. The fraction of sp³-hybridized carbons (Fsp3) is 0.294. The van der Waals surface area contributed by atoms with Crippen LogP contribution in [0.3, 0.4) is 0 Å². The van der Waals surface area contributed by atoms with Gasteiger partial charge in [-0.3, -0.25) is 0 Å². The molecule has 0 aliphatic carbocycles. The maximum absolute atomic E-state index is 8.97. The highest BCUT2D eigenvalue weighted by Crippen LogP contribution is 2.08. The molecule has 0 atom stereocenters. The molecule has 106 valence electrons. The van der Waals surface area contributed by atoms with E-state index in [4.69, 9.17) is 9.84 Å². The van der Waals surface area contributed by atoms with Gasteiger partial charge in [-0.1, -0.05) is 42.5 Å². The highest BCUT2D eigenvalue weighted by atomic mass is 16.5. The average Bonchev–Trinajstić information content (AvgIpc) is 2.52. The molecule has 2 aromatic rings. The molecule has 0 amide bonds. The van der Waals surface area contributed by atoms with Gasteiger partial charge in [0.2, 0.25) is 0 Å². The standard InChI is InChI=1S/C17H21NO2/c19-14-16-9-7-15(8-10-16)13-18-11-4-12-20-17-5-2-1-3-6-17/h1-3,5-10,18-19H,4,11-14H2. The Bertz CT molecular complexity index is 482. The van der Waals surface area contributed by atoms with Gasteiger partial charge in [0.1, 0.15) is 5.75 Å². The number of para-hydroxylation sites is 1. The molecule has 3 heteroatoms. The summed E-state index contributed by atoms with van der Waals surface area (Å²) < 4.78 is 5.62. The molecular weight excluding hydrogens is 250 g/mol. The van der Waals surface area contributed by atoms with Crippen LogP contribution in [0.25, 0.3) is 0 Å². The van der Waals surface area contributed by atoms with E-state index < -0.39 is 0 Å². The normalized spacial score (nSPS) is 10.4. The Labute approximate surface area is 120 Å². The van der Waals surface area contributed by atoms with Gasteiger partial charge in [0.25, 0.3) is 0 Å². The van der Waals surface area contributed by atoms with Gasteiger partial charge in [-0.15, -0.1) is 0 Å². The third kappa shape index (κ3) is 5.03. The summed E-state index contributed by atoms with van der Waals surface area (Å²) in [6.07, 6.45) is 0.976. The van der Waals surface area contributed by atoms with Gasteiger partial charge in [-0.2, -0.15) is 0 Å². The zero-order valence-corrected chi connectivity index (χ0v) is 11.6. The summed E-state index contributed by atoms with van der Waals surface area (Å²) in [4.78, 5) is 0. The van der Waals surface area contributed by atoms with E-state index >= 15 is 0 Å². The summed E-state index contributed by atoms with van der Waals surface area (Å²) in [5, 5.41) is 12.3. The summed E-state index contributed by atoms with van der Waals surface area (Å²) in [5.74, 6) is 0.923. The van der Waals surface area contributed by atoms with Crippen molar-refractivity contribution in [1.82, 2.24) is 5.32 Å². The summed E-state index contributed by atoms with van der Waals surface area (Å²) in [6.45, 7) is 2.59. The van der Waals surface area contributed by atoms with Gasteiger partial charge >= 0.3 is 0 Å². The lowest BCUT2D eigenvalue weighted by atomic mass is 10.1. The van der Waals surface area contributed by atoms with Crippen LogP contribution < -0.4 is 10.1 Å². The number of benzene rings is 2. The third-order valence-electron chi connectivity index (χ3n) is 3.04. The van der Waals surface area contributed by atoms with Gasteiger partial charge in [-0.25, -0.2) is 0 Å². The number of aliphatic hydroxyl groups is 1. The molecule has 0 heterocycles. The predicted octanol–water partition coefficient (Wildman–Crippen LogP) is 2.74. The maximum Gasteiger partial charge on any atom is 0.119 e. The topological polar surface area (TPSA) is 41.5 Å². The molecule has 0 aliphatic heterocycles. The second kappa shape index (κ2) is 8.35. The molecule has 0 bridgehead atoms. The lowest BCUT2D eigenvalue weighted by molar-refractivity contribution is 0.282. The monoisotopic (exact) mass is 271 g/mol. The lowest BCUT2D eigenvalue weighted by Crippen LogP contribution is -2.17. The Morgan fingerprint density at radius 2 is 1.60 bits per heavy atom. The van der Waals surface area contributed by atoms with E-state index in [1.165, 1.54) is 5.56 Å². The van der Waals surface area contributed by atoms with Crippen molar-refractivity contribution in [1.29, 1.82) is 0 Å². The summed E-state index contributed by atoms with van der Waals surface area (Å²) in [5.41, 5.74) is 2.18. The third-order valence-corrected chi connectivity index (χ3v) is 3.04. The number of hydrogen-bond donors (Lipinski definition) is 2. The molecule has 3 nitrogen and oxygen atoms in total. The predicted molar refractivity (Wildman–Crippen MR) is 80.6 cm³/mol. The molecule has 0 fully saturated rings. The van der Waals surface area contributed by atoms with Gasteiger partial charge in [0.05, 0.1) is 13.2 Å². The van der Waals surface area contributed by atoms with E-state index in [1.807, 2.05) is 54.6 Å². The smallest absolute Gasteiger partial charge is 0.119 e. The van der Waals surface area contributed by atoms with Gasteiger partial charge in [0.15, 0.2) is 0 Å². The molecule has 0 saturated heterocycles. The molecule has 20 heavy (non-hydrogen) atoms. The Kier molecular flexibility index (Phi) is 6.08. The summed E-state index contributed by atoms with van der Waals surface area (Å²) >= 11 is 0. The van der Waals surface area contributed by atoms with E-state index in [2.05, 4.69) is 5.32 Å². The molecule has 0 aliphatic rings. The van der Waals surface area contributed by atoms with E-state index in [-0.39, 0.29) is 6.61 Å². The number of rotatable bonds is 8. The summed E-state index contributed by atoms with van der Waals surface area (Å²) in [6, 6.07) is 17.9. The Morgan fingerprint density at radius 3 is 2.30 bits per heavy atom. The van der Waals surface area contributed by atoms with Crippen LogP contribution in [-0.2, 0) is 13.2 Å². The second-order valence-corrected chi connectivity index (χ2v) is 4.67. The van der Waals surface area contributed by atoms with Crippen LogP contribution in [0.5, 0.6) is 5.75 Å². The molecule has 0 unspecified atom stereocenters. The number of aliphatic hydroxyl groups excluding tert-OH is 1. The van der Waals surface area contributed by atoms with Crippen LogP contribution >= 0.6 is 0 Å². The van der Waals surface area contributed by atoms with Crippen molar-refractivity contribution in [2.24, 2.45) is 0 Å². The van der Waals surface area contributed by atoms with Crippen LogP contribution in [0, 0.1) is 0 Å². The molecule has 0 aromatic heterocycles. The minimum atomic E-state index is 0.102.